The van der Waals surface area contributed by atoms with Gasteiger partial charge in [0.1, 0.15) is 0 Å². The van der Waals surface area contributed by atoms with Crippen LogP contribution in [-0.4, -0.2) is 40.0 Å². The van der Waals surface area contributed by atoms with E-state index in [1.807, 2.05) is 6.92 Å². The number of fused-ring (bicyclic) bond motifs is 1. The van der Waals surface area contributed by atoms with Gasteiger partial charge in [0, 0.05) is 13.1 Å². The normalized spacial score (nSPS) is 21.9. The zero-order valence-electron chi connectivity index (χ0n) is 11.3. The van der Waals surface area contributed by atoms with Crippen molar-refractivity contribution >= 4 is 23.0 Å². The Morgan fingerprint density at radius 1 is 1.38 bits per heavy atom. The fourth-order valence-electron chi connectivity index (χ4n) is 2.77. The highest BCUT2D eigenvalue weighted by atomic mass is 16.4. The Kier molecular flexibility index (Phi) is 3.04. The highest BCUT2D eigenvalue weighted by Crippen LogP contribution is 2.26. The van der Waals surface area contributed by atoms with E-state index in [0.717, 1.165) is 0 Å². The number of benzene rings is 1. The van der Waals surface area contributed by atoms with E-state index in [1.54, 1.807) is 18.2 Å². The summed E-state index contributed by atoms with van der Waals surface area (Å²) in [6, 6.07) is 4.86. The zero-order valence-corrected chi connectivity index (χ0v) is 11.3. The van der Waals surface area contributed by atoms with Gasteiger partial charge in [0.25, 0.3) is 5.91 Å². The molecule has 2 atom stereocenters. The molecule has 110 valence electrons. The fourth-order valence-corrected chi connectivity index (χ4v) is 2.77. The summed E-state index contributed by atoms with van der Waals surface area (Å²) in [5.41, 5.74) is 0.927. The predicted molar refractivity (Wildman–Crippen MR) is 73.0 cm³/mol. The standard InChI is InChI=1S/C14H14N2O5/c1-7-5-16(6-9(7)13(18)19)12(17)8-3-2-4-10-11(8)21-14(20)15-10/h2-4,7,9H,5-6H2,1H3,(H,15,20)(H,18,19)/t7-,9-/m0/s1. The van der Waals surface area contributed by atoms with Crippen LogP contribution in [0.3, 0.4) is 0 Å². The smallest absolute Gasteiger partial charge is 0.417 e. The Bertz CT molecular complexity index is 775. The summed E-state index contributed by atoms with van der Waals surface area (Å²) in [4.78, 5) is 38.9. The summed E-state index contributed by atoms with van der Waals surface area (Å²) in [5, 5.41) is 9.13. The summed E-state index contributed by atoms with van der Waals surface area (Å²) in [6.45, 7) is 2.35. The summed E-state index contributed by atoms with van der Waals surface area (Å²) in [6.07, 6.45) is 0. The number of hydrogen-bond donors (Lipinski definition) is 2. The van der Waals surface area contributed by atoms with Gasteiger partial charge in [0.15, 0.2) is 5.58 Å². The molecule has 0 bridgehead atoms. The van der Waals surface area contributed by atoms with Crippen molar-refractivity contribution in [3.63, 3.8) is 0 Å². The number of hydrogen-bond acceptors (Lipinski definition) is 4. The number of carbonyl (C=O) groups excluding carboxylic acids is 1. The summed E-state index contributed by atoms with van der Waals surface area (Å²) < 4.78 is 5.01. The van der Waals surface area contributed by atoms with Crippen LogP contribution in [-0.2, 0) is 4.79 Å². The van der Waals surface area contributed by atoms with Crippen LogP contribution in [0.15, 0.2) is 27.4 Å². The van der Waals surface area contributed by atoms with Crippen LogP contribution in [0.4, 0.5) is 0 Å². The predicted octanol–water partition coefficient (Wildman–Crippen LogP) is 0.914. The number of carboxylic acid groups (broad SMARTS) is 1. The van der Waals surface area contributed by atoms with Crippen molar-refractivity contribution in [3.05, 3.63) is 34.3 Å². The first-order chi connectivity index (χ1) is 9.97. The number of carbonyl (C=O) groups is 2. The van der Waals surface area contributed by atoms with Crippen molar-refractivity contribution < 1.29 is 19.1 Å². The van der Waals surface area contributed by atoms with Crippen LogP contribution < -0.4 is 5.76 Å². The maximum atomic E-state index is 12.5. The third-order valence-corrected chi connectivity index (χ3v) is 3.89. The molecule has 0 radical (unpaired) electrons. The molecule has 1 fully saturated rings. The summed E-state index contributed by atoms with van der Waals surface area (Å²) >= 11 is 0. The van der Waals surface area contributed by atoms with E-state index in [9.17, 15) is 14.4 Å². The van der Waals surface area contributed by atoms with E-state index in [2.05, 4.69) is 4.98 Å². The van der Waals surface area contributed by atoms with Gasteiger partial charge in [0.2, 0.25) is 0 Å². The van der Waals surface area contributed by atoms with Crippen LogP contribution in [0.25, 0.3) is 11.1 Å². The first-order valence-corrected chi connectivity index (χ1v) is 6.61. The number of nitrogens with zero attached hydrogens (tertiary/aromatic N) is 1. The lowest BCUT2D eigenvalue weighted by atomic mass is 9.99. The number of nitrogens with one attached hydrogen (secondary N) is 1. The zero-order chi connectivity index (χ0) is 15.1. The Morgan fingerprint density at radius 2 is 2.14 bits per heavy atom. The van der Waals surface area contributed by atoms with Crippen molar-refractivity contribution in [2.45, 2.75) is 6.92 Å². The number of aromatic nitrogens is 1. The second-order valence-corrected chi connectivity index (χ2v) is 5.33. The molecule has 0 aliphatic carbocycles. The van der Waals surface area contributed by atoms with Crippen LogP contribution in [0.2, 0.25) is 0 Å². The number of oxazole rings is 1. The lowest BCUT2D eigenvalue weighted by Crippen LogP contribution is -2.30. The van der Waals surface area contributed by atoms with Gasteiger partial charge in [-0.25, -0.2) is 4.79 Å². The van der Waals surface area contributed by atoms with Gasteiger partial charge < -0.3 is 14.4 Å². The first-order valence-electron chi connectivity index (χ1n) is 6.61. The molecule has 1 aromatic carbocycles. The maximum Gasteiger partial charge on any atom is 0.417 e. The van der Waals surface area contributed by atoms with Crippen LogP contribution in [0.5, 0.6) is 0 Å². The summed E-state index contributed by atoms with van der Waals surface area (Å²) in [7, 11) is 0. The van der Waals surface area contributed by atoms with Crippen molar-refractivity contribution in [1.29, 1.82) is 0 Å². The molecule has 2 N–H and O–H groups in total. The second kappa shape index (κ2) is 4.76. The Morgan fingerprint density at radius 3 is 2.81 bits per heavy atom. The molecule has 0 spiro atoms. The second-order valence-electron chi connectivity index (χ2n) is 5.33. The molecular formula is C14H14N2O5. The minimum atomic E-state index is -0.899. The quantitative estimate of drug-likeness (QED) is 0.855. The molecule has 1 aliphatic rings. The van der Waals surface area contributed by atoms with Gasteiger partial charge in [-0.3, -0.25) is 14.6 Å². The highest BCUT2D eigenvalue weighted by Gasteiger charge is 2.37. The maximum absolute atomic E-state index is 12.5. The third kappa shape index (κ3) is 2.20. The van der Waals surface area contributed by atoms with Crippen LogP contribution >= 0.6 is 0 Å². The van der Waals surface area contributed by atoms with E-state index in [-0.39, 0.29) is 29.5 Å². The van der Waals surface area contributed by atoms with E-state index in [0.29, 0.717) is 12.1 Å². The van der Waals surface area contributed by atoms with Crippen molar-refractivity contribution in [2.75, 3.05) is 13.1 Å². The Balaban J connectivity index is 1.95. The molecule has 21 heavy (non-hydrogen) atoms. The molecule has 1 aromatic heterocycles. The number of para-hydroxylation sites is 1. The molecule has 7 nitrogen and oxygen atoms in total. The number of rotatable bonds is 2. The van der Waals surface area contributed by atoms with Gasteiger partial charge in [-0.15, -0.1) is 0 Å². The molecule has 3 rings (SSSR count). The molecule has 7 heteroatoms. The van der Waals surface area contributed by atoms with E-state index >= 15 is 0 Å². The molecule has 1 aliphatic heterocycles. The van der Waals surface area contributed by atoms with Gasteiger partial charge in [-0.05, 0) is 18.1 Å². The van der Waals surface area contributed by atoms with E-state index < -0.39 is 17.6 Å². The average molecular weight is 290 g/mol. The van der Waals surface area contributed by atoms with Crippen molar-refractivity contribution in [1.82, 2.24) is 9.88 Å². The SMILES string of the molecule is C[C@H]1CN(C(=O)c2cccc3[nH]c(=O)oc23)C[C@@H]1C(=O)O. The largest absolute Gasteiger partial charge is 0.481 e. The lowest BCUT2D eigenvalue weighted by Gasteiger charge is -2.15. The van der Waals surface area contributed by atoms with Crippen molar-refractivity contribution in [3.8, 4) is 0 Å². The first kappa shape index (κ1) is 13.4. The third-order valence-electron chi connectivity index (χ3n) is 3.89. The van der Waals surface area contributed by atoms with Gasteiger partial charge >= 0.3 is 11.7 Å². The minimum absolute atomic E-state index is 0.108. The Labute approximate surface area is 119 Å². The summed E-state index contributed by atoms with van der Waals surface area (Å²) in [5.74, 6) is -2.51. The highest BCUT2D eigenvalue weighted by molar-refractivity contribution is 6.04. The molecule has 1 saturated heterocycles. The molecule has 1 amide bonds. The molecule has 2 heterocycles. The molecule has 0 unspecified atom stereocenters. The molecule has 2 aromatic rings. The average Bonchev–Trinajstić information content (AvgIpc) is 2.99. The van der Waals surface area contributed by atoms with Crippen LogP contribution in [0.1, 0.15) is 17.3 Å². The number of likely N-dealkylation sites (tertiary alicyclic amines) is 1. The number of aliphatic carboxylic acids is 1. The minimum Gasteiger partial charge on any atom is -0.481 e. The van der Waals surface area contributed by atoms with E-state index in [4.69, 9.17) is 9.52 Å². The molecular weight excluding hydrogens is 276 g/mol. The van der Waals surface area contributed by atoms with Crippen LogP contribution in [0, 0.1) is 11.8 Å². The monoisotopic (exact) mass is 290 g/mol. The number of amides is 1. The number of carboxylic acids is 1. The number of H-pyrrole nitrogens is 1. The lowest BCUT2D eigenvalue weighted by molar-refractivity contribution is -0.142. The van der Waals surface area contributed by atoms with Gasteiger partial charge in [-0.2, -0.15) is 0 Å². The topological polar surface area (TPSA) is 104 Å². The number of aromatic amines is 1. The van der Waals surface area contributed by atoms with E-state index in [1.165, 1.54) is 4.90 Å². The fraction of sp³-hybridized carbons (Fsp3) is 0.357. The Hall–Kier alpha value is -2.57. The van der Waals surface area contributed by atoms with Gasteiger partial charge in [0.05, 0.1) is 17.0 Å². The molecule has 0 saturated carbocycles. The van der Waals surface area contributed by atoms with Gasteiger partial charge in [-0.1, -0.05) is 13.0 Å². The van der Waals surface area contributed by atoms with Crippen molar-refractivity contribution in [2.24, 2.45) is 11.8 Å².